The number of benzene rings is 6. The Labute approximate surface area is 274 Å². The third-order valence-corrected chi connectivity index (χ3v) is 9.14. The van der Waals surface area contributed by atoms with Gasteiger partial charge in [-0.3, -0.25) is 0 Å². The molecule has 0 amide bonds. The van der Waals surface area contributed by atoms with E-state index in [2.05, 4.69) is 84.9 Å². The first kappa shape index (κ1) is 26.6. The second kappa shape index (κ2) is 10.5. The fraction of sp³-hybridized carbons (Fsp3) is 0. The van der Waals surface area contributed by atoms with E-state index in [1.165, 1.54) is 0 Å². The van der Waals surface area contributed by atoms with Crippen LogP contribution >= 0.6 is 0 Å². The molecule has 0 atom stereocenters. The van der Waals surface area contributed by atoms with Gasteiger partial charge in [-0.2, -0.15) is 0 Å². The van der Waals surface area contributed by atoms with Crippen LogP contribution in [0.3, 0.4) is 0 Å². The summed E-state index contributed by atoms with van der Waals surface area (Å²) in [5, 5.41) is 6.39. The molecule has 0 saturated heterocycles. The van der Waals surface area contributed by atoms with Crippen LogP contribution in [0.1, 0.15) is 0 Å². The molecular weight excluding hydrogens is 590 g/mol. The molecule has 0 radical (unpaired) electrons. The molecule has 0 aliphatic carbocycles. The molecule has 5 nitrogen and oxygen atoms in total. The number of para-hydroxylation sites is 2. The van der Waals surface area contributed by atoms with Crippen LogP contribution in [-0.2, 0) is 0 Å². The van der Waals surface area contributed by atoms with Crippen molar-refractivity contribution in [1.29, 1.82) is 0 Å². The van der Waals surface area contributed by atoms with Crippen molar-refractivity contribution < 1.29 is 8.83 Å². The van der Waals surface area contributed by atoms with Gasteiger partial charge in [0.1, 0.15) is 16.7 Å². The number of rotatable bonds is 4. The van der Waals surface area contributed by atoms with E-state index in [9.17, 15) is 0 Å². The summed E-state index contributed by atoms with van der Waals surface area (Å²) in [6.07, 6.45) is 0. The number of pyridine rings is 1. The SMILES string of the molecule is c1ccc(-c2cc(-c3ccc(-c4nc5oc6ccccc6c5c5ccccc45)cc3)nc(-c3cccc4oc5ccccc5c34)n2)cc1. The molecule has 10 aromatic rings. The molecule has 224 valence electrons. The summed E-state index contributed by atoms with van der Waals surface area (Å²) in [5.41, 5.74) is 9.66. The summed E-state index contributed by atoms with van der Waals surface area (Å²) < 4.78 is 12.4. The van der Waals surface area contributed by atoms with E-state index in [4.69, 9.17) is 23.8 Å². The van der Waals surface area contributed by atoms with Crippen LogP contribution in [0.15, 0.2) is 160 Å². The fourth-order valence-electron chi connectivity index (χ4n) is 6.89. The highest BCUT2D eigenvalue weighted by Crippen LogP contribution is 2.39. The summed E-state index contributed by atoms with van der Waals surface area (Å²) in [7, 11) is 0. The molecule has 0 spiro atoms. The van der Waals surface area contributed by atoms with Crippen LogP contribution in [0.2, 0.25) is 0 Å². The van der Waals surface area contributed by atoms with Crippen LogP contribution in [0.5, 0.6) is 0 Å². The first-order valence-electron chi connectivity index (χ1n) is 15.9. The Morgan fingerprint density at radius 2 is 0.938 bits per heavy atom. The summed E-state index contributed by atoms with van der Waals surface area (Å²) in [6, 6.07) is 51.5. The zero-order valence-electron chi connectivity index (χ0n) is 25.6. The monoisotopic (exact) mass is 615 g/mol. The molecule has 0 unspecified atom stereocenters. The zero-order valence-corrected chi connectivity index (χ0v) is 25.6. The van der Waals surface area contributed by atoms with Gasteiger partial charge in [0.15, 0.2) is 5.82 Å². The summed E-state index contributed by atoms with van der Waals surface area (Å²) in [6.45, 7) is 0. The van der Waals surface area contributed by atoms with Gasteiger partial charge in [0.05, 0.1) is 22.5 Å². The summed E-state index contributed by atoms with van der Waals surface area (Å²) >= 11 is 0. The molecule has 0 fully saturated rings. The lowest BCUT2D eigenvalue weighted by atomic mass is 9.99. The quantitative estimate of drug-likeness (QED) is 0.197. The molecule has 0 aliphatic rings. The topological polar surface area (TPSA) is 65.0 Å². The van der Waals surface area contributed by atoms with Crippen molar-refractivity contribution in [3.8, 4) is 45.2 Å². The van der Waals surface area contributed by atoms with E-state index < -0.39 is 0 Å². The lowest BCUT2D eigenvalue weighted by Gasteiger charge is -2.11. The molecule has 10 rings (SSSR count). The van der Waals surface area contributed by atoms with E-state index in [1.54, 1.807) is 0 Å². The van der Waals surface area contributed by atoms with Gasteiger partial charge in [-0.15, -0.1) is 0 Å². The molecule has 0 aliphatic heterocycles. The number of hydrogen-bond acceptors (Lipinski definition) is 5. The lowest BCUT2D eigenvalue weighted by Crippen LogP contribution is -1.96. The number of nitrogens with zero attached hydrogens (tertiary/aromatic N) is 3. The zero-order chi connectivity index (χ0) is 31.6. The Morgan fingerprint density at radius 1 is 0.375 bits per heavy atom. The Kier molecular flexibility index (Phi) is 5.81. The third kappa shape index (κ3) is 4.15. The van der Waals surface area contributed by atoms with E-state index in [1.807, 2.05) is 66.7 Å². The van der Waals surface area contributed by atoms with Crippen LogP contribution in [0, 0.1) is 0 Å². The summed E-state index contributed by atoms with van der Waals surface area (Å²) in [5.74, 6) is 0.649. The molecule has 4 heterocycles. The molecule has 0 bridgehead atoms. The molecule has 0 N–H and O–H groups in total. The maximum atomic E-state index is 6.24. The molecular formula is C43H25N3O2. The van der Waals surface area contributed by atoms with Crippen molar-refractivity contribution in [2.45, 2.75) is 0 Å². The van der Waals surface area contributed by atoms with Crippen LogP contribution in [0.4, 0.5) is 0 Å². The maximum Gasteiger partial charge on any atom is 0.228 e. The minimum absolute atomic E-state index is 0.642. The van der Waals surface area contributed by atoms with Crippen molar-refractivity contribution in [2.75, 3.05) is 0 Å². The van der Waals surface area contributed by atoms with Crippen LogP contribution in [-0.4, -0.2) is 15.0 Å². The first-order chi connectivity index (χ1) is 23.8. The Hall–Kier alpha value is -6.59. The van der Waals surface area contributed by atoms with E-state index in [0.29, 0.717) is 11.5 Å². The minimum Gasteiger partial charge on any atom is -0.456 e. The maximum absolute atomic E-state index is 6.24. The Bertz CT molecular complexity index is 2830. The average molecular weight is 616 g/mol. The Morgan fingerprint density at radius 3 is 1.69 bits per heavy atom. The standard InChI is InChI=1S/C43H25N3O2/c1-2-11-26(12-3-1)34-25-35(45-42(44-34)33-17-10-20-38-39(33)31-15-6-8-18-36(31)47-38)27-21-23-28(24-22-27)41-30-14-5-4-13-29(30)40-32-16-7-9-19-37(32)48-43(40)46-41/h1-25H. The predicted octanol–water partition coefficient (Wildman–Crippen LogP) is 11.5. The van der Waals surface area contributed by atoms with Crippen LogP contribution < -0.4 is 0 Å². The Balaban J connectivity index is 1.14. The number of hydrogen-bond donors (Lipinski definition) is 0. The van der Waals surface area contributed by atoms with E-state index >= 15 is 0 Å². The van der Waals surface area contributed by atoms with Gasteiger partial charge >= 0.3 is 0 Å². The second-order valence-corrected chi connectivity index (χ2v) is 12.0. The van der Waals surface area contributed by atoms with Crippen molar-refractivity contribution in [3.63, 3.8) is 0 Å². The fourth-order valence-corrected chi connectivity index (χ4v) is 6.89. The minimum atomic E-state index is 0.642. The van der Waals surface area contributed by atoms with Gasteiger partial charge in [-0.05, 0) is 29.7 Å². The van der Waals surface area contributed by atoms with E-state index in [-0.39, 0.29) is 0 Å². The number of fused-ring (bicyclic) bond motifs is 8. The predicted molar refractivity (Wildman–Crippen MR) is 194 cm³/mol. The lowest BCUT2D eigenvalue weighted by molar-refractivity contribution is 0.655. The highest BCUT2D eigenvalue weighted by molar-refractivity contribution is 6.20. The average Bonchev–Trinajstić information content (AvgIpc) is 3.73. The molecule has 5 heteroatoms. The molecule has 48 heavy (non-hydrogen) atoms. The van der Waals surface area contributed by atoms with Gasteiger partial charge in [0.25, 0.3) is 0 Å². The smallest absolute Gasteiger partial charge is 0.228 e. The van der Waals surface area contributed by atoms with Gasteiger partial charge in [0.2, 0.25) is 5.71 Å². The third-order valence-electron chi connectivity index (χ3n) is 9.14. The summed E-state index contributed by atoms with van der Waals surface area (Å²) in [4.78, 5) is 15.3. The van der Waals surface area contributed by atoms with Gasteiger partial charge in [-0.25, -0.2) is 15.0 Å². The van der Waals surface area contributed by atoms with Crippen molar-refractivity contribution in [1.82, 2.24) is 15.0 Å². The molecule has 0 saturated carbocycles. The highest BCUT2D eigenvalue weighted by Gasteiger charge is 2.18. The van der Waals surface area contributed by atoms with Gasteiger partial charge in [-0.1, -0.05) is 127 Å². The van der Waals surface area contributed by atoms with Crippen molar-refractivity contribution in [2.24, 2.45) is 0 Å². The molecule has 4 aromatic heterocycles. The number of aromatic nitrogens is 3. The number of furan rings is 2. The van der Waals surface area contributed by atoms with Crippen LogP contribution in [0.25, 0.3) is 99.9 Å². The van der Waals surface area contributed by atoms with E-state index in [0.717, 1.165) is 88.4 Å². The largest absolute Gasteiger partial charge is 0.456 e. The van der Waals surface area contributed by atoms with Crippen molar-refractivity contribution in [3.05, 3.63) is 152 Å². The first-order valence-corrected chi connectivity index (χ1v) is 15.9. The highest BCUT2D eigenvalue weighted by atomic mass is 16.3. The van der Waals surface area contributed by atoms with Gasteiger partial charge < -0.3 is 8.83 Å². The van der Waals surface area contributed by atoms with Crippen molar-refractivity contribution >= 4 is 54.8 Å². The van der Waals surface area contributed by atoms with Gasteiger partial charge in [0, 0.05) is 43.8 Å². The normalized spacial score (nSPS) is 11.8. The molecule has 6 aromatic carbocycles. The second-order valence-electron chi connectivity index (χ2n) is 12.0.